The van der Waals surface area contributed by atoms with Gasteiger partial charge in [-0.2, -0.15) is 0 Å². The molecule has 0 aliphatic rings. The zero-order chi connectivity index (χ0) is 15.9. The van der Waals surface area contributed by atoms with Crippen molar-refractivity contribution in [1.82, 2.24) is 4.98 Å². The molecule has 22 heavy (non-hydrogen) atoms. The van der Waals surface area contributed by atoms with Gasteiger partial charge in [-0.15, -0.1) is 11.3 Å². The molecule has 0 radical (unpaired) electrons. The lowest BCUT2D eigenvalue weighted by Gasteiger charge is -2.02. The van der Waals surface area contributed by atoms with Crippen LogP contribution < -0.4 is 5.32 Å². The summed E-state index contributed by atoms with van der Waals surface area (Å²) in [6.07, 6.45) is 0.854. The first-order chi connectivity index (χ1) is 10.6. The fraction of sp³-hybridized carbons (Fsp3) is 0.267. The highest BCUT2D eigenvalue weighted by molar-refractivity contribution is 7.14. The van der Waals surface area contributed by atoms with Crippen molar-refractivity contribution in [2.75, 3.05) is 11.9 Å². The number of carbonyl (C=O) groups is 2. The number of aromatic nitrogens is 1. The van der Waals surface area contributed by atoms with Crippen LogP contribution in [0.3, 0.4) is 0 Å². The van der Waals surface area contributed by atoms with Crippen molar-refractivity contribution in [3.05, 3.63) is 40.9 Å². The first kappa shape index (κ1) is 16.0. The third-order valence-electron chi connectivity index (χ3n) is 2.67. The van der Waals surface area contributed by atoms with Gasteiger partial charge in [0.15, 0.2) is 5.13 Å². The molecule has 2 rings (SSSR count). The number of carbonyl (C=O) groups excluding carboxylic acids is 2. The molecule has 0 aliphatic heterocycles. The van der Waals surface area contributed by atoms with Crippen molar-refractivity contribution in [3.8, 4) is 5.75 Å². The number of ether oxygens (including phenoxy) is 1. The Balaban J connectivity index is 1.94. The Morgan fingerprint density at radius 3 is 2.95 bits per heavy atom. The van der Waals surface area contributed by atoms with Crippen molar-refractivity contribution in [2.45, 2.75) is 19.8 Å². The lowest BCUT2D eigenvalue weighted by molar-refractivity contribution is -0.142. The average Bonchev–Trinajstić information content (AvgIpc) is 2.92. The summed E-state index contributed by atoms with van der Waals surface area (Å²) in [6.45, 7) is 2.31. The Morgan fingerprint density at radius 2 is 2.23 bits per heavy atom. The van der Waals surface area contributed by atoms with Gasteiger partial charge in [-0.25, -0.2) is 4.98 Å². The van der Waals surface area contributed by atoms with Crippen molar-refractivity contribution < 1.29 is 19.4 Å². The second-order valence-corrected chi connectivity index (χ2v) is 5.40. The Kier molecular flexibility index (Phi) is 5.48. The number of aromatic hydroxyl groups is 1. The Morgan fingerprint density at radius 1 is 1.41 bits per heavy atom. The highest BCUT2D eigenvalue weighted by Crippen LogP contribution is 2.18. The van der Waals surface area contributed by atoms with E-state index in [-0.39, 0.29) is 24.0 Å². The molecule has 1 heterocycles. The van der Waals surface area contributed by atoms with Gasteiger partial charge in [0.1, 0.15) is 5.75 Å². The number of benzene rings is 1. The molecule has 0 aliphatic carbocycles. The van der Waals surface area contributed by atoms with Gasteiger partial charge in [0.25, 0.3) is 5.91 Å². The molecule has 2 aromatic rings. The van der Waals surface area contributed by atoms with Crippen LogP contribution in [-0.4, -0.2) is 28.6 Å². The fourth-order valence-electron chi connectivity index (χ4n) is 1.68. The molecule has 0 fully saturated rings. The molecular weight excluding hydrogens is 304 g/mol. The molecule has 0 atom stereocenters. The number of phenolic OH excluding ortho intramolecular Hbond substituents is 1. The first-order valence-corrected chi connectivity index (χ1v) is 7.67. The number of hydrogen-bond donors (Lipinski definition) is 2. The van der Waals surface area contributed by atoms with Crippen LogP contribution in [0.1, 0.15) is 29.4 Å². The van der Waals surface area contributed by atoms with Gasteiger partial charge in [-0.3, -0.25) is 14.9 Å². The number of nitrogens with one attached hydrogen (secondary N) is 1. The quantitative estimate of drug-likeness (QED) is 0.799. The number of amides is 1. The van der Waals surface area contributed by atoms with E-state index in [1.807, 2.05) is 6.92 Å². The number of hydrogen-bond acceptors (Lipinski definition) is 6. The second-order valence-electron chi connectivity index (χ2n) is 4.55. The largest absolute Gasteiger partial charge is 0.508 e. The molecule has 2 N–H and O–H groups in total. The van der Waals surface area contributed by atoms with Crippen LogP contribution in [0.2, 0.25) is 0 Å². The normalized spacial score (nSPS) is 10.2. The van der Waals surface area contributed by atoms with Gasteiger partial charge in [-0.05, 0) is 24.6 Å². The van der Waals surface area contributed by atoms with Gasteiger partial charge in [-0.1, -0.05) is 13.0 Å². The van der Waals surface area contributed by atoms with E-state index >= 15 is 0 Å². The van der Waals surface area contributed by atoms with Crippen LogP contribution in [0.4, 0.5) is 5.13 Å². The maximum Gasteiger partial charge on any atom is 0.311 e. The number of phenols is 1. The van der Waals surface area contributed by atoms with Crippen LogP contribution >= 0.6 is 11.3 Å². The molecule has 116 valence electrons. The molecule has 0 saturated carbocycles. The smallest absolute Gasteiger partial charge is 0.311 e. The molecule has 0 unspecified atom stereocenters. The van der Waals surface area contributed by atoms with E-state index in [1.54, 1.807) is 17.5 Å². The molecular formula is C15H16N2O4S. The van der Waals surface area contributed by atoms with Crippen LogP contribution in [0.15, 0.2) is 29.6 Å². The SMILES string of the molecule is CCCOC(=O)Cc1csc(NC(=O)c2cccc(O)c2)n1. The van der Waals surface area contributed by atoms with Crippen LogP contribution in [-0.2, 0) is 16.0 Å². The minimum Gasteiger partial charge on any atom is -0.508 e. The van der Waals surface area contributed by atoms with Crippen molar-refractivity contribution in [2.24, 2.45) is 0 Å². The number of rotatable bonds is 6. The van der Waals surface area contributed by atoms with Gasteiger partial charge in [0.05, 0.1) is 18.7 Å². The summed E-state index contributed by atoms with van der Waals surface area (Å²) in [5.41, 5.74) is 0.886. The molecule has 1 aromatic carbocycles. The lowest BCUT2D eigenvalue weighted by Crippen LogP contribution is -2.12. The minimum absolute atomic E-state index is 0.0196. The molecule has 0 spiro atoms. The number of thiazole rings is 1. The summed E-state index contributed by atoms with van der Waals surface area (Å²) in [6, 6.07) is 6.03. The molecule has 1 aromatic heterocycles. The summed E-state index contributed by atoms with van der Waals surface area (Å²) in [5.74, 6) is -0.686. The van der Waals surface area contributed by atoms with E-state index in [0.29, 0.717) is 23.0 Å². The molecule has 6 nitrogen and oxygen atoms in total. The van der Waals surface area contributed by atoms with Gasteiger partial charge in [0, 0.05) is 10.9 Å². The predicted molar refractivity (Wildman–Crippen MR) is 83.1 cm³/mol. The zero-order valence-corrected chi connectivity index (χ0v) is 12.9. The van der Waals surface area contributed by atoms with Crippen LogP contribution in [0, 0.1) is 0 Å². The first-order valence-electron chi connectivity index (χ1n) is 6.79. The fourth-order valence-corrected chi connectivity index (χ4v) is 2.38. The highest BCUT2D eigenvalue weighted by Gasteiger charge is 2.12. The standard InChI is InChI=1S/C15H16N2O4S/c1-2-6-21-13(19)8-11-9-22-15(16-11)17-14(20)10-4-3-5-12(18)7-10/h3-5,7,9,18H,2,6,8H2,1H3,(H,16,17,20). The maximum atomic E-state index is 12.0. The minimum atomic E-state index is -0.370. The van der Waals surface area contributed by atoms with Gasteiger partial charge >= 0.3 is 5.97 Å². The van der Waals surface area contributed by atoms with Crippen LogP contribution in [0.5, 0.6) is 5.75 Å². The number of nitrogens with zero attached hydrogens (tertiary/aromatic N) is 1. The summed E-state index contributed by atoms with van der Waals surface area (Å²) < 4.78 is 4.98. The second kappa shape index (κ2) is 7.56. The van der Waals surface area contributed by atoms with E-state index in [9.17, 15) is 14.7 Å². The van der Waals surface area contributed by atoms with E-state index < -0.39 is 0 Å². The Bertz CT molecular complexity index is 669. The molecule has 1 amide bonds. The van der Waals surface area contributed by atoms with E-state index in [1.165, 1.54) is 23.5 Å². The zero-order valence-electron chi connectivity index (χ0n) is 12.0. The summed E-state index contributed by atoms with van der Waals surface area (Å²) in [5, 5.41) is 14.1. The van der Waals surface area contributed by atoms with Gasteiger partial charge in [0.2, 0.25) is 0 Å². The Labute approximate surface area is 131 Å². The number of anilines is 1. The van der Waals surface area contributed by atoms with E-state index in [4.69, 9.17) is 4.74 Å². The van der Waals surface area contributed by atoms with E-state index in [2.05, 4.69) is 10.3 Å². The topological polar surface area (TPSA) is 88.5 Å². The summed E-state index contributed by atoms with van der Waals surface area (Å²) >= 11 is 1.23. The van der Waals surface area contributed by atoms with Crippen molar-refractivity contribution in [1.29, 1.82) is 0 Å². The summed E-state index contributed by atoms with van der Waals surface area (Å²) in [7, 11) is 0. The number of esters is 1. The molecule has 0 saturated heterocycles. The van der Waals surface area contributed by atoms with E-state index in [0.717, 1.165) is 6.42 Å². The van der Waals surface area contributed by atoms with Crippen molar-refractivity contribution >= 4 is 28.3 Å². The molecule has 7 heteroatoms. The van der Waals surface area contributed by atoms with Crippen LogP contribution in [0.25, 0.3) is 0 Å². The highest BCUT2D eigenvalue weighted by atomic mass is 32.1. The maximum absolute atomic E-state index is 12.0. The third-order valence-corrected chi connectivity index (χ3v) is 3.48. The summed E-state index contributed by atoms with van der Waals surface area (Å²) in [4.78, 5) is 27.7. The Hall–Kier alpha value is -2.41. The lowest BCUT2D eigenvalue weighted by atomic mass is 10.2. The van der Waals surface area contributed by atoms with Gasteiger partial charge < -0.3 is 9.84 Å². The third kappa shape index (κ3) is 4.56. The monoisotopic (exact) mass is 320 g/mol. The predicted octanol–water partition coefficient (Wildman–Crippen LogP) is 2.60. The average molecular weight is 320 g/mol. The van der Waals surface area contributed by atoms with Crippen molar-refractivity contribution in [3.63, 3.8) is 0 Å². The molecule has 0 bridgehead atoms.